The number of fused-ring (bicyclic) bond motifs is 1. The molecule has 1 N–H and O–H groups in total. The van der Waals surface area contributed by atoms with Gasteiger partial charge in [-0.05, 0) is 76.5 Å². The van der Waals surface area contributed by atoms with Gasteiger partial charge in [0, 0.05) is 39.9 Å². The van der Waals surface area contributed by atoms with Crippen molar-refractivity contribution in [2.45, 2.75) is 24.3 Å². The summed E-state index contributed by atoms with van der Waals surface area (Å²) in [6.07, 6.45) is 0. The number of carbonyl (C=O) groups is 2. The topological polar surface area (TPSA) is 90.0 Å². The highest BCUT2D eigenvalue weighted by Crippen LogP contribution is 2.51. The third kappa shape index (κ3) is 4.43. The molecule has 1 atom stereocenters. The molecule has 0 saturated carbocycles. The largest absolute Gasteiger partial charge is 0.325 e. The van der Waals surface area contributed by atoms with E-state index in [0.717, 1.165) is 4.31 Å². The Labute approximate surface area is 232 Å². The van der Waals surface area contributed by atoms with E-state index in [0.29, 0.717) is 39.9 Å². The fraction of sp³-hybridized carbons (Fsp3) is 0.259. The van der Waals surface area contributed by atoms with Gasteiger partial charge in [-0.1, -0.05) is 41.4 Å². The second-order valence-corrected chi connectivity index (χ2v) is 11.6. The minimum atomic E-state index is -4.36. The van der Waals surface area contributed by atoms with Gasteiger partial charge in [0.05, 0.1) is 10.6 Å². The number of hydrogen-bond acceptors (Lipinski definition) is 5. The van der Waals surface area contributed by atoms with E-state index < -0.39 is 21.5 Å². The van der Waals surface area contributed by atoms with Gasteiger partial charge in [-0.25, -0.2) is 17.5 Å². The lowest BCUT2D eigenvalue weighted by molar-refractivity contribution is -0.125. The fourth-order valence-corrected chi connectivity index (χ4v) is 6.71. The van der Waals surface area contributed by atoms with Crippen molar-refractivity contribution in [3.05, 3.63) is 87.9 Å². The molecule has 1 aliphatic heterocycles. The quantitative estimate of drug-likeness (QED) is 0.407. The molecule has 0 radical (unpaired) electrons. The SMILES string of the molecule is CCN(CC)C(=O)Nc1ccc(S(=O)(=O)N2C(=O)C(c3ccccc3Cl)(N(C)C)c3cc(Cl)ccc32)cc1. The number of nitrogens with one attached hydrogen (secondary N) is 1. The minimum Gasteiger partial charge on any atom is -0.325 e. The maximum absolute atomic E-state index is 14.3. The van der Waals surface area contributed by atoms with Crippen molar-refractivity contribution in [2.24, 2.45) is 0 Å². The van der Waals surface area contributed by atoms with Crippen LogP contribution in [0, 0.1) is 0 Å². The Morgan fingerprint density at radius 3 is 2.16 bits per heavy atom. The summed E-state index contributed by atoms with van der Waals surface area (Å²) in [5.41, 5.74) is -0.0814. The van der Waals surface area contributed by atoms with Crippen molar-refractivity contribution in [1.29, 1.82) is 0 Å². The van der Waals surface area contributed by atoms with Gasteiger partial charge in [0.25, 0.3) is 15.9 Å². The molecule has 0 aliphatic carbocycles. The van der Waals surface area contributed by atoms with Crippen LogP contribution in [-0.2, 0) is 20.4 Å². The van der Waals surface area contributed by atoms with Gasteiger partial charge in [-0.3, -0.25) is 9.69 Å². The van der Waals surface area contributed by atoms with Crippen LogP contribution in [0.1, 0.15) is 25.0 Å². The van der Waals surface area contributed by atoms with Crippen LogP contribution in [0.5, 0.6) is 0 Å². The Bertz CT molecular complexity index is 1490. The summed E-state index contributed by atoms with van der Waals surface area (Å²) in [6.45, 7) is 4.81. The Hall–Kier alpha value is -3.11. The number of anilines is 2. The van der Waals surface area contributed by atoms with E-state index in [2.05, 4.69) is 5.32 Å². The fourth-order valence-electron chi connectivity index (χ4n) is 4.80. The van der Waals surface area contributed by atoms with E-state index in [1.807, 2.05) is 13.8 Å². The number of urea groups is 1. The van der Waals surface area contributed by atoms with E-state index >= 15 is 0 Å². The zero-order chi connectivity index (χ0) is 27.8. The lowest BCUT2D eigenvalue weighted by atomic mass is 9.82. The summed E-state index contributed by atoms with van der Waals surface area (Å²) in [6, 6.07) is 16.9. The van der Waals surface area contributed by atoms with Crippen molar-refractivity contribution in [1.82, 2.24) is 9.80 Å². The van der Waals surface area contributed by atoms with Crippen LogP contribution >= 0.6 is 23.2 Å². The van der Waals surface area contributed by atoms with Gasteiger partial charge in [0.2, 0.25) is 0 Å². The number of sulfonamides is 1. The first-order chi connectivity index (χ1) is 18.0. The van der Waals surface area contributed by atoms with Crippen LogP contribution in [0.3, 0.4) is 0 Å². The third-order valence-electron chi connectivity index (χ3n) is 6.69. The Kier molecular flexibility index (Phi) is 7.76. The highest BCUT2D eigenvalue weighted by molar-refractivity contribution is 7.93. The number of amides is 3. The molecule has 8 nitrogen and oxygen atoms in total. The highest BCUT2D eigenvalue weighted by atomic mass is 35.5. The number of likely N-dealkylation sites (N-methyl/N-ethyl adjacent to an activating group) is 1. The average Bonchev–Trinajstić information content (AvgIpc) is 3.14. The molecule has 0 bridgehead atoms. The van der Waals surface area contributed by atoms with Crippen LogP contribution in [0.25, 0.3) is 0 Å². The zero-order valence-electron chi connectivity index (χ0n) is 21.4. The van der Waals surface area contributed by atoms with Gasteiger partial charge in [-0.2, -0.15) is 0 Å². The number of rotatable bonds is 7. The Morgan fingerprint density at radius 2 is 1.58 bits per heavy atom. The van der Waals surface area contributed by atoms with Gasteiger partial charge in [0.1, 0.15) is 0 Å². The molecule has 3 aromatic rings. The summed E-state index contributed by atoms with van der Waals surface area (Å²) < 4.78 is 28.8. The van der Waals surface area contributed by atoms with Crippen LogP contribution < -0.4 is 9.62 Å². The van der Waals surface area contributed by atoms with Crippen LogP contribution in [0.15, 0.2) is 71.6 Å². The maximum Gasteiger partial charge on any atom is 0.321 e. The van der Waals surface area contributed by atoms with Crippen molar-refractivity contribution < 1.29 is 18.0 Å². The van der Waals surface area contributed by atoms with Gasteiger partial charge < -0.3 is 10.2 Å². The van der Waals surface area contributed by atoms with Crippen LogP contribution in [0.2, 0.25) is 10.0 Å². The first-order valence-corrected chi connectivity index (χ1v) is 14.2. The lowest BCUT2D eigenvalue weighted by Crippen LogP contribution is -2.52. The molecule has 4 rings (SSSR count). The number of hydrogen-bond donors (Lipinski definition) is 1. The van der Waals surface area contributed by atoms with E-state index in [-0.39, 0.29) is 16.6 Å². The normalized spacial score (nSPS) is 17.0. The Balaban J connectivity index is 1.82. The lowest BCUT2D eigenvalue weighted by Gasteiger charge is -2.36. The Morgan fingerprint density at radius 1 is 0.947 bits per heavy atom. The summed E-state index contributed by atoms with van der Waals surface area (Å²) in [5, 5.41) is 3.42. The maximum atomic E-state index is 14.3. The van der Waals surface area contributed by atoms with Crippen molar-refractivity contribution in [3.63, 3.8) is 0 Å². The minimum absolute atomic E-state index is 0.110. The summed E-state index contributed by atoms with van der Waals surface area (Å²) >= 11 is 12.9. The van der Waals surface area contributed by atoms with Crippen LogP contribution in [-0.4, -0.2) is 57.3 Å². The molecule has 38 heavy (non-hydrogen) atoms. The third-order valence-corrected chi connectivity index (χ3v) is 8.97. The molecular weight excluding hydrogens is 547 g/mol. The molecule has 3 amide bonds. The summed E-state index contributed by atoms with van der Waals surface area (Å²) in [5.74, 6) is -0.702. The van der Waals surface area contributed by atoms with E-state index in [1.165, 1.54) is 30.3 Å². The molecule has 1 aliphatic rings. The number of benzene rings is 3. The average molecular weight is 576 g/mol. The van der Waals surface area contributed by atoms with Crippen molar-refractivity contribution in [3.8, 4) is 0 Å². The van der Waals surface area contributed by atoms with Gasteiger partial charge in [-0.15, -0.1) is 0 Å². The van der Waals surface area contributed by atoms with Gasteiger partial charge in [0.15, 0.2) is 5.54 Å². The molecule has 1 unspecified atom stereocenters. The predicted octanol–water partition coefficient (Wildman–Crippen LogP) is 5.41. The molecule has 0 aromatic heterocycles. The summed E-state index contributed by atoms with van der Waals surface area (Å²) in [4.78, 5) is 29.8. The molecule has 0 saturated heterocycles. The molecule has 3 aromatic carbocycles. The highest BCUT2D eigenvalue weighted by Gasteiger charge is 2.58. The first-order valence-electron chi connectivity index (χ1n) is 12.0. The molecule has 0 fully saturated rings. The number of nitrogens with zero attached hydrogens (tertiary/aromatic N) is 3. The molecule has 0 spiro atoms. The predicted molar refractivity (Wildman–Crippen MR) is 150 cm³/mol. The zero-order valence-corrected chi connectivity index (χ0v) is 23.7. The van der Waals surface area contributed by atoms with Gasteiger partial charge >= 0.3 is 6.03 Å². The number of halogens is 2. The second kappa shape index (κ2) is 10.6. The molecular formula is C27H28Cl2N4O4S. The number of carbonyl (C=O) groups excluding carboxylic acids is 2. The first kappa shape index (κ1) is 27.9. The molecule has 200 valence electrons. The van der Waals surface area contributed by atoms with Crippen molar-refractivity contribution in [2.75, 3.05) is 36.8 Å². The van der Waals surface area contributed by atoms with Crippen molar-refractivity contribution >= 4 is 56.5 Å². The van der Waals surface area contributed by atoms with E-state index in [1.54, 1.807) is 60.3 Å². The second-order valence-electron chi connectivity index (χ2n) is 8.95. The molecule has 11 heteroatoms. The smallest absolute Gasteiger partial charge is 0.321 e. The monoisotopic (exact) mass is 574 g/mol. The standard InChI is InChI=1S/C27H28Cl2N4O4S/c1-5-32(6-2)26(35)30-19-12-14-20(15-13-19)38(36,37)33-24-16-11-18(28)17-22(24)27(25(33)34,31(3)4)21-9-7-8-10-23(21)29/h7-17H,5-6H2,1-4H3,(H,30,35). The van der Waals surface area contributed by atoms with E-state index in [9.17, 15) is 18.0 Å². The summed E-state index contributed by atoms with van der Waals surface area (Å²) in [7, 11) is -0.983. The van der Waals surface area contributed by atoms with Crippen LogP contribution in [0.4, 0.5) is 16.2 Å². The molecule has 1 heterocycles. The van der Waals surface area contributed by atoms with E-state index in [4.69, 9.17) is 23.2 Å².